The molecular formula is C62H48N2. The van der Waals surface area contributed by atoms with Gasteiger partial charge in [0.05, 0.1) is 16.4 Å². The van der Waals surface area contributed by atoms with Crippen molar-refractivity contribution in [3.63, 3.8) is 0 Å². The van der Waals surface area contributed by atoms with E-state index in [4.69, 9.17) is 0 Å². The maximum atomic E-state index is 2.47. The number of fused-ring (bicyclic) bond motifs is 6. The highest BCUT2D eigenvalue weighted by atomic mass is 15.1. The van der Waals surface area contributed by atoms with Crippen LogP contribution in [0.3, 0.4) is 0 Å². The number of allylic oxidation sites excluding steroid dienone is 2. The number of hydrogen-bond acceptors (Lipinski definition) is 1. The Morgan fingerprint density at radius 2 is 1.05 bits per heavy atom. The topological polar surface area (TPSA) is 8.17 Å². The quantitative estimate of drug-likeness (QED) is 0.139. The lowest BCUT2D eigenvalue weighted by Gasteiger charge is -2.35. The minimum absolute atomic E-state index is 0.489. The first-order chi connectivity index (χ1) is 31.7. The number of aromatic nitrogens is 1. The summed E-state index contributed by atoms with van der Waals surface area (Å²) >= 11 is 0. The molecule has 0 N–H and O–H groups in total. The van der Waals surface area contributed by atoms with Crippen LogP contribution in [0.5, 0.6) is 0 Å². The lowest BCUT2D eigenvalue weighted by Crippen LogP contribution is -2.28. The fourth-order valence-corrected chi connectivity index (χ4v) is 11.2. The zero-order valence-corrected chi connectivity index (χ0v) is 36.0. The van der Waals surface area contributed by atoms with Gasteiger partial charge < -0.3 is 9.47 Å². The predicted octanol–water partition coefficient (Wildman–Crippen LogP) is 16.4. The normalized spacial score (nSPS) is 16.1. The van der Waals surface area contributed by atoms with Crippen LogP contribution in [0.4, 0.5) is 17.1 Å². The molecule has 0 saturated carbocycles. The van der Waals surface area contributed by atoms with E-state index in [9.17, 15) is 0 Å². The lowest BCUT2D eigenvalue weighted by atomic mass is 9.67. The molecule has 2 heteroatoms. The molecule has 0 aliphatic heterocycles. The molecule has 10 aromatic rings. The van der Waals surface area contributed by atoms with Crippen LogP contribution in [0.2, 0.25) is 0 Å². The Balaban J connectivity index is 1.01. The van der Waals surface area contributed by atoms with E-state index in [0.29, 0.717) is 11.8 Å². The third kappa shape index (κ3) is 6.08. The van der Waals surface area contributed by atoms with Crippen molar-refractivity contribution in [3.8, 4) is 27.9 Å². The molecule has 2 aliphatic carbocycles. The molecule has 9 aromatic carbocycles. The van der Waals surface area contributed by atoms with E-state index in [1.807, 2.05) is 0 Å². The van der Waals surface area contributed by atoms with Gasteiger partial charge in [0.2, 0.25) is 0 Å². The summed E-state index contributed by atoms with van der Waals surface area (Å²) in [5.74, 6) is 1.06. The molecular weight excluding hydrogens is 773 g/mol. The van der Waals surface area contributed by atoms with Gasteiger partial charge in [-0.15, -0.1) is 0 Å². The first kappa shape index (κ1) is 38.0. The number of para-hydroxylation sites is 2. The van der Waals surface area contributed by atoms with Gasteiger partial charge in [0.15, 0.2) is 0 Å². The van der Waals surface area contributed by atoms with Gasteiger partial charge in [-0.2, -0.15) is 0 Å². The summed E-state index contributed by atoms with van der Waals surface area (Å²) in [5.41, 5.74) is 18.0. The second-order valence-corrected chi connectivity index (χ2v) is 17.6. The highest BCUT2D eigenvalue weighted by Gasteiger charge is 2.46. The molecule has 2 atom stereocenters. The molecule has 0 saturated heterocycles. The van der Waals surface area contributed by atoms with Gasteiger partial charge in [-0.1, -0.05) is 177 Å². The first-order valence-electron chi connectivity index (χ1n) is 22.8. The molecule has 1 aromatic heterocycles. The van der Waals surface area contributed by atoms with Crippen molar-refractivity contribution in [1.82, 2.24) is 4.57 Å². The van der Waals surface area contributed by atoms with Gasteiger partial charge in [-0.3, -0.25) is 0 Å². The predicted molar refractivity (Wildman–Crippen MR) is 268 cm³/mol. The molecule has 306 valence electrons. The standard InChI is InChI=1S/C62H48N2/c1-43-17-11-12-24-53(43)45-31-36-51(37-32-45)63(50-34-29-44(30-35-50)46-33-40-61-57(41-46)56-26-14-16-28-60(56)64(61)49-22-9-4-10-23-49)52-38-39-55-54-25-13-15-27-58(54)62(59(55)42-52,47-18-5-2-6-19-47)48-20-7-3-8-21-48/h2-11,13-23,25-43,53H,12,24H2,1H3. The summed E-state index contributed by atoms with van der Waals surface area (Å²) < 4.78 is 2.38. The highest BCUT2D eigenvalue weighted by molar-refractivity contribution is 6.10. The molecule has 2 unspecified atom stereocenters. The minimum Gasteiger partial charge on any atom is -0.310 e. The maximum absolute atomic E-state index is 2.47. The van der Waals surface area contributed by atoms with Crippen molar-refractivity contribution < 1.29 is 0 Å². The molecule has 0 bridgehead atoms. The van der Waals surface area contributed by atoms with Gasteiger partial charge in [0.1, 0.15) is 0 Å². The number of nitrogens with zero attached hydrogens (tertiary/aromatic N) is 2. The van der Waals surface area contributed by atoms with Crippen LogP contribution < -0.4 is 4.90 Å². The van der Waals surface area contributed by atoms with E-state index >= 15 is 0 Å². The van der Waals surface area contributed by atoms with Crippen molar-refractivity contribution in [2.45, 2.75) is 31.1 Å². The average molecular weight is 821 g/mol. The Bertz CT molecular complexity index is 3290. The Morgan fingerprint density at radius 1 is 0.469 bits per heavy atom. The zero-order chi connectivity index (χ0) is 42.6. The zero-order valence-electron chi connectivity index (χ0n) is 36.0. The molecule has 2 nitrogen and oxygen atoms in total. The van der Waals surface area contributed by atoms with Crippen LogP contribution in [0, 0.1) is 5.92 Å². The van der Waals surface area contributed by atoms with Gasteiger partial charge in [-0.05, 0) is 141 Å². The second kappa shape index (κ2) is 15.6. The number of hydrogen-bond donors (Lipinski definition) is 0. The lowest BCUT2D eigenvalue weighted by molar-refractivity contribution is 0.492. The molecule has 64 heavy (non-hydrogen) atoms. The van der Waals surface area contributed by atoms with Crippen LogP contribution in [0.1, 0.15) is 53.5 Å². The van der Waals surface area contributed by atoms with Crippen LogP contribution in [0.25, 0.3) is 49.7 Å². The molecule has 1 heterocycles. The summed E-state index contributed by atoms with van der Waals surface area (Å²) in [4.78, 5) is 2.46. The number of anilines is 3. The SMILES string of the molecule is CC1C=CCCC1c1ccc(N(c2ccc(-c3ccc4c(c3)c3ccccc3n4-c3ccccc3)cc2)c2ccc3c(c2)C(c2ccccc2)(c2ccccc2)c2ccccc2-3)cc1. The fraction of sp³-hybridized carbons (Fsp3) is 0.0968. The van der Waals surface area contributed by atoms with Crippen LogP contribution >= 0.6 is 0 Å². The Hall–Kier alpha value is -7.68. The van der Waals surface area contributed by atoms with Crippen molar-refractivity contribution in [2.75, 3.05) is 4.90 Å². The van der Waals surface area contributed by atoms with Crippen LogP contribution in [-0.4, -0.2) is 4.57 Å². The van der Waals surface area contributed by atoms with Crippen LogP contribution in [0.15, 0.2) is 237 Å². The van der Waals surface area contributed by atoms with Crippen LogP contribution in [-0.2, 0) is 5.41 Å². The average Bonchev–Trinajstić information content (AvgIpc) is 3.86. The van der Waals surface area contributed by atoms with Gasteiger partial charge in [0, 0.05) is 33.5 Å². The molecule has 12 rings (SSSR count). The molecule has 0 spiro atoms. The van der Waals surface area contributed by atoms with E-state index < -0.39 is 5.41 Å². The summed E-state index contributed by atoms with van der Waals surface area (Å²) in [6.45, 7) is 2.36. The molecule has 0 amide bonds. The van der Waals surface area contributed by atoms with Gasteiger partial charge in [0.25, 0.3) is 0 Å². The molecule has 0 fully saturated rings. The van der Waals surface area contributed by atoms with Crippen molar-refractivity contribution in [1.29, 1.82) is 0 Å². The summed E-state index contributed by atoms with van der Waals surface area (Å²) in [5, 5.41) is 2.51. The van der Waals surface area contributed by atoms with Crippen molar-refractivity contribution in [3.05, 3.63) is 264 Å². The largest absolute Gasteiger partial charge is 0.310 e. The monoisotopic (exact) mass is 820 g/mol. The molecule has 2 aliphatic rings. The minimum atomic E-state index is -0.489. The number of benzene rings is 9. The first-order valence-corrected chi connectivity index (χ1v) is 22.8. The van der Waals surface area contributed by atoms with Crippen molar-refractivity contribution >= 4 is 38.9 Å². The van der Waals surface area contributed by atoms with E-state index in [2.05, 4.69) is 253 Å². The van der Waals surface area contributed by atoms with E-state index in [1.165, 1.54) is 84.0 Å². The molecule has 0 radical (unpaired) electrons. The number of rotatable bonds is 8. The Kier molecular flexibility index (Phi) is 9.26. The van der Waals surface area contributed by atoms with E-state index in [-0.39, 0.29) is 0 Å². The summed E-state index contributed by atoms with van der Waals surface area (Å²) in [6, 6.07) is 83.4. The van der Waals surface area contributed by atoms with Crippen molar-refractivity contribution in [2.24, 2.45) is 5.92 Å². The summed E-state index contributed by atoms with van der Waals surface area (Å²) in [6.07, 6.45) is 7.06. The highest BCUT2D eigenvalue weighted by Crippen LogP contribution is 2.57. The van der Waals surface area contributed by atoms with E-state index in [1.54, 1.807) is 0 Å². The maximum Gasteiger partial charge on any atom is 0.0714 e. The third-order valence-corrected chi connectivity index (χ3v) is 14.1. The third-order valence-electron chi connectivity index (χ3n) is 14.1. The second-order valence-electron chi connectivity index (χ2n) is 17.6. The van der Waals surface area contributed by atoms with E-state index in [0.717, 1.165) is 23.5 Å². The Labute approximate surface area is 376 Å². The van der Waals surface area contributed by atoms with Gasteiger partial charge >= 0.3 is 0 Å². The smallest absolute Gasteiger partial charge is 0.0714 e. The Morgan fingerprint density at radius 3 is 1.77 bits per heavy atom. The van der Waals surface area contributed by atoms with Gasteiger partial charge in [-0.25, -0.2) is 0 Å². The fourth-order valence-electron chi connectivity index (χ4n) is 11.2. The summed E-state index contributed by atoms with van der Waals surface area (Å²) in [7, 11) is 0.